The van der Waals surface area contributed by atoms with E-state index >= 15 is 0 Å². The van der Waals surface area contributed by atoms with Crippen LogP contribution in [0.3, 0.4) is 0 Å². The quantitative estimate of drug-likeness (QED) is 0.802. The van der Waals surface area contributed by atoms with Crippen molar-refractivity contribution >= 4 is 5.97 Å². The normalized spacial score (nSPS) is 13.9. The van der Waals surface area contributed by atoms with Crippen LogP contribution in [-0.4, -0.2) is 19.1 Å². The maximum atomic E-state index is 12.3. The first kappa shape index (κ1) is 15.7. The third-order valence-electron chi connectivity index (χ3n) is 3.21. The molecule has 0 aliphatic rings. The number of benzene rings is 1. The Labute approximate surface area is 116 Å². The molecule has 19 heavy (non-hydrogen) atoms. The summed E-state index contributed by atoms with van der Waals surface area (Å²) in [4.78, 5) is 12.3. The van der Waals surface area contributed by atoms with Crippen molar-refractivity contribution in [1.82, 2.24) is 5.32 Å². The van der Waals surface area contributed by atoms with Crippen LogP contribution in [0.4, 0.5) is 0 Å². The Balaban J connectivity index is 3.17. The molecule has 1 unspecified atom stereocenters. The minimum absolute atomic E-state index is 0.214. The van der Waals surface area contributed by atoms with E-state index in [0.29, 0.717) is 6.61 Å². The SMILES string of the molecule is CCCNC(C)(C(=O)OCC)c1cc(C)cc(C)c1. The molecule has 0 aliphatic carbocycles. The van der Waals surface area contributed by atoms with Gasteiger partial charge in [-0.2, -0.15) is 0 Å². The third kappa shape index (κ3) is 3.80. The molecule has 0 saturated carbocycles. The van der Waals surface area contributed by atoms with E-state index in [0.717, 1.165) is 29.7 Å². The fourth-order valence-electron chi connectivity index (χ4n) is 2.21. The predicted octanol–water partition coefficient (Wildman–Crippen LogP) is 3.08. The summed E-state index contributed by atoms with van der Waals surface area (Å²) in [5.41, 5.74) is 2.51. The van der Waals surface area contributed by atoms with Gasteiger partial charge in [-0.25, -0.2) is 4.79 Å². The first-order chi connectivity index (χ1) is 8.93. The molecule has 1 aromatic carbocycles. The summed E-state index contributed by atoms with van der Waals surface area (Å²) in [7, 11) is 0. The van der Waals surface area contributed by atoms with E-state index in [1.165, 1.54) is 0 Å². The highest BCUT2D eigenvalue weighted by molar-refractivity contribution is 5.82. The van der Waals surface area contributed by atoms with E-state index in [4.69, 9.17) is 4.74 Å². The monoisotopic (exact) mass is 263 g/mol. The molecular formula is C16H25NO2. The molecule has 0 aliphatic heterocycles. The second-order valence-corrected chi connectivity index (χ2v) is 5.15. The molecule has 0 fully saturated rings. The third-order valence-corrected chi connectivity index (χ3v) is 3.21. The van der Waals surface area contributed by atoms with E-state index in [2.05, 4.69) is 18.3 Å². The van der Waals surface area contributed by atoms with Gasteiger partial charge in [-0.15, -0.1) is 0 Å². The lowest BCUT2D eigenvalue weighted by Gasteiger charge is -2.29. The van der Waals surface area contributed by atoms with Gasteiger partial charge < -0.3 is 4.74 Å². The van der Waals surface area contributed by atoms with E-state index < -0.39 is 5.54 Å². The van der Waals surface area contributed by atoms with Gasteiger partial charge in [0.2, 0.25) is 0 Å². The Morgan fingerprint density at radius 2 is 1.79 bits per heavy atom. The lowest BCUT2D eigenvalue weighted by molar-refractivity contribution is -0.151. The van der Waals surface area contributed by atoms with E-state index in [-0.39, 0.29) is 5.97 Å². The number of esters is 1. The highest BCUT2D eigenvalue weighted by atomic mass is 16.5. The van der Waals surface area contributed by atoms with Crippen molar-refractivity contribution in [2.45, 2.75) is 46.6 Å². The Bertz CT molecular complexity index is 422. The molecular weight excluding hydrogens is 238 g/mol. The fourth-order valence-corrected chi connectivity index (χ4v) is 2.21. The van der Waals surface area contributed by atoms with Gasteiger partial charge in [-0.3, -0.25) is 5.32 Å². The van der Waals surface area contributed by atoms with Crippen molar-refractivity contribution in [3.63, 3.8) is 0 Å². The molecule has 1 N–H and O–H groups in total. The molecule has 0 amide bonds. The average molecular weight is 263 g/mol. The minimum Gasteiger partial charge on any atom is -0.464 e. The summed E-state index contributed by atoms with van der Waals surface area (Å²) in [6.45, 7) is 11.1. The van der Waals surface area contributed by atoms with Crippen molar-refractivity contribution in [3.8, 4) is 0 Å². The fraction of sp³-hybridized carbons (Fsp3) is 0.562. The zero-order valence-electron chi connectivity index (χ0n) is 12.7. The molecule has 0 radical (unpaired) electrons. The standard InChI is InChI=1S/C16H25NO2/c1-6-8-17-16(5,15(18)19-7-2)14-10-12(3)9-13(4)11-14/h9-11,17H,6-8H2,1-5H3. The number of aryl methyl sites for hydroxylation is 2. The smallest absolute Gasteiger partial charge is 0.330 e. The zero-order chi connectivity index (χ0) is 14.5. The maximum absolute atomic E-state index is 12.3. The summed E-state index contributed by atoms with van der Waals surface area (Å²) in [6.07, 6.45) is 0.972. The van der Waals surface area contributed by atoms with Crippen LogP contribution in [0.5, 0.6) is 0 Å². The Hall–Kier alpha value is -1.35. The lowest BCUT2D eigenvalue weighted by Crippen LogP contribution is -2.48. The lowest BCUT2D eigenvalue weighted by atomic mass is 9.89. The van der Waals surface area contributed by atoms with Crippen molar-refractivity contribution < 1.29 is 9.53 Å². The van der Waals surface area contributed by atoms with Crippen LogP contribution in [0, 0.1) is 13.8 Å². The summed E-state index contributed by atoms with van der Waals surface area (Å²) in [5.74, 6) is -0.214. The van der Waals surface area contributed by atoms with Crippen LogP contribution < -0.4 is 5.32 Å². The van der Waals surface area contributed by atoms with Crippen LogP contribution in [0.25, 0.3) is 0 Å². The first-order valence-corrected chi connectivity index (χ1v) is 6.95. The van der Waals surface area contributed by atoms with E-state index in [1.807, 2.05) is 39.8 Å². The number of nitrogens with one attached hydrogen (secondary N) is 1. The predicted molar refractivity (Wildman–Crippen MR) is 78.2 cm³/mol. The van der Waals surface area contributed by atoms with E-state index in [9.17, 15) is 4.79 Å². The highest BCUT2D eigenvalue weighted by Crippen LogP contribution is 2.25. The molecule has 1 atom stereocenters. The first-order valence-electron chi connectivity index (χ1n) is 6.95. The van der Waals surface area contributed by atoms with Crippen molar-refractivity contribution in [2.24, 2.45) is 0 Å². The molecule has 0 saturated heterocycles. The number of carbonyl (C=O) groups excluding carboxylic acids is 1. The Kier molecular flexibility index (Phi) is 5.55. The maximum Gasteiger partial charge on any atom is 0.330 e. The molecule has 3 nitrogen and oxygen atoms in total. The number of carbonyl (C=O) groups is 1. The van der Waals surface area contributed by atoms with Gasteiger partial charge in [0.1, 0.15) is 5.54 Å². The molecule has 3 heteroatoms. The largest absolute Gasteiger partial charge is 0.464 e. The van der Waals surface area contributed by atoms with Gasteiger partial charge in [-0.05, 0) is 46.2 Å². The summed E-state index contributed by atoms with van der Waals surface area (Å²) in [6, 6.07) is 6.20. The molecule has 106 valence electrons. The van der Waals surface area contributed by atoms with E-state index in [1.54, 1.807) is 0 Å². The molecule has 0 heterocycles. The number of hydrogen-bond donors (Lipinski definition) is 1. The van der Waals surface area contributed by atoms with Gasteiger partial charge in [0, 0.05) is 0 Å². The second kappa shape index (κ2) is 6.71. The van der Waals surface area contributed by atoms with Crippen LogP contribution >= 0.6 is 0 Å². The second-order valence-electron chi connectivity index (χ2n) is 5.15. The topological polar surface area (TPSA) is 38.3 Å². The highest BCUT2D eigenvalue weighted by Gasteiger charge is 2.36. The molecule has 0 spiro atoms. The van der Waals surface area contributed by atoms with Gasteiger partial charge in [0.25, 0.3) is 0 Å². The van der Waals surface area contributed by atoms with Gasteiger partial charge in [0.05, 0.1) is 6.61 Å². The minimum atomic E-state index is -0.775. The number of hydrogen-bond acceptors (Lipinski definition) is 3. The van der Waals surface area contributed by atoms with Gasteiger partial charge in [-0.1, -0.05) is 36.2 Å². The zero-order valence-corrected chi connectivity index (χ0v) is 12.7. The Morgan fingerprint density at radius 1 is 1.21 bits per heavy atom. The summed E-state index contributed by atoms with van der Waals surface area (Å²) in [5, 5.41) is 3.33. The van der Waals surface area contributed by atoms with Crippen LogP contribution in [0.2, 0.25) is 0 Å². The van der Waals surface area contributed by atoms with Crippen LogP contribution in [0.1, 0.15) is 43.9 Å². The Morgan fingerprint density at radius 3 is 2.26 bits per heavy atom. The summed E-state index contributed by atoms with van der Waals surface area (Å²) < 4.78 is 5.24. The van der Waals surface area contributed by atoms with Crippen molar-refractivity contribution in [2.75, 3.05) is 13.2 Å². The summed E-state index contributed by atoms with van der Waals surface area (Å²) >= 11 is 0. The molecule has 1 rings (SSSR count). The van der Waals surface area contributed by atoms with Crippen molar-refractivity contribution in [3.05, 3.63) is 34.9 Å². The molecule has 0 bridgehead atoms. The van der Waals surface area contributed by atoms with Crippen LogP contribution in [0.15, 0.2) is 18.2 Å². The van der Waals surface area contributed by atoms with Crippen LogP contribution in [-0.2, 0) is 15.1 Å². The van der Waals surface area contributed by atoms with Crippen molar-refractivity contribution in [1.29, 1.82) is 0 Å². The molecule has 0 aromatic heterocycles. The van der Waals surface area contributed by atoms with Gasteiger partial charge >= 0.3 is 5.97 Å². The average Bonchev–Trinajstić information content (AvgIpc) is 2.35. The molecule has 1 aromatic rings. The number of rotatable bonds is 6. The number of ether oxygens (including phenoxy) is 1. The van der Waals surface area contributed by atoms with Gasteiger partial charge in [0.15, 0.2) is 0 Å².